The molecule has 0 aliphatic heterocycles. The molecule has 1 atom stereocenters. The summed E-state index contributed by atoms with van der Waals surface area (Å²) in [5.41, 5.74) is 0.935. The first kappa shape index (κ1) is 18.8. The lowest BCUT2D eigenvalue weighted by atomic mass is 10.1. The summed E-state index contributed by atoms with van der Waals surface area (Å²) in [6, 6.07) is 6.68. The van der Waals surface area contributed by atoms with Crippen molar-refractivity contribution in [2.45, 2.75) is 32.9 Å². The van der Waals surface area contributed by atoms with Crippen LogP contribution in [0.15, 0.2) is 24.3 Å². The summed E-state index contributed by atoms with van der Waals surface area (Å²) in [6.45, 7) is 5.76. The third-order valence-corrected chi connectivity index (χ3v) is 4.47. The van der Waals surface area contributed by atoms with E-state index in [4.69, 9.17) is 11.6 Å². The van der Waals surface area contributed by atoms with E-state index in [0.717, 1.165) is 5.56 Å². The van der Waals surface area contributed by atoms with Crippen LogP contribution in [0.4, 0.5) is 4.79 Å². The van der Waals surface area contributed by atoms with Gasteiger partial charge in [0.25, 0.3) is 0 Å². The Labute approximate surface area is 137 Å². The smallest absolute Gasteiger partial charge is 0.318 e. The standard InChI is InChI=1S/C15H23ClN2O3S/c1-11(2)18(9-10-22(4,20)21)15(19)17-12(3)13-5-7-14(16)8-6-13/h5-8,11-12H,9-10H2,1-4H3,(H,17,19)/t12-/m1/s1. The summed E-state index contributed by atoms with van der Waals surface area (Å²) >= 11 is 5.85. The molecule has 124 valence electrons. The van der Waals surface area contributed by atoms with E-state index in [2.05, 4.69) is 5.32 Å². The second-order valence-corrected chi connectivity index (χ2v) is 8.34. The molecule has 5 nitrogen and oxygen atoms in total. The third-order valence-electron chi connectivity index (χ3n) is 3.30. The SMILES string of the molecule is CC(C)N(CCS(C)(=O)=O)C(=O)N[C@H](C)c1ccc(Cl)cc1. The third kappa shape index (κ3) is 6.23. The molecule has 1 N–H and O–H groups in total. The Morgan fingerprint density at radius 3 is 2.23 bits per heavy atom. The lowest BCUT2D eigenvalue weighted by Crippen LogP contribution is -2.46. The van der Waals surface area contributed by atoms with Crippen molar-refractivity contribution in [3.63, 3.8) is 0 Å². The van der Waals surface area contributed by atoms with Gasteiger partial charge in [0.1, 0.15) is 9.84 Å². The van der Waals surface area contributed by atoms with E-state index < -0.39 is 9.84 Å². The second kappa shape index (κ2) is 7.83. The summed E-state index contributed by atoms with van der Waals surface area (Å²) in [5.74, 6) is -0.0477. The Balaban J connectivity index is 2.72. The molecule has 0 aliphatic rings. The van der Waals surface area contributed by atoms with Gasteiger partial charge in [-0.25, -0.2) is 13.2 Å². The van der Waals surface area contributed by atoms with Gasteiger partial charge in [-0.1, -0.05) is 23.7 Å². The quantitative estimate of drug-likeness (QED) is 0.861. The van der Waals surface area contributed by atoms with Crippen molar-refractivity contribution in [3.05, 3.63) is 34.9 Å². The van der Waals surface area contributed by atoms with E-state index in [1.807, 2.05) is 32.9 Å². The summed E-state index contributed by atoms with van der Waals surface area (Å²) in [7, 11) is -3.11. The molecule has 0 saturated carbocycles. The number of hydrogen-bond acceptors (Lipinski definition) is 3. The molecule has 0 aliphatic carbocycles. The van der Waals surface area contributed by atoms with Crippen LogP contribution in [0.25, 0.3) is 0 Å². The predicted octanol–water partition coefficient (Wildman–Crippen LogP) is 2.87. The number of nitrogens with zero attached hydrogens (tertiary/aromatic N) is 1. The maximum Gasteiger partial charge on any atom is 0.318 e. The minimum absolute atomic E-state index is 0.0477. The van der Waals surface area contributed by atoms with Crippen LogP contribution in [-0.4, -0.2) is 43.9 Å². The minimum atomic E-state index is -3.11. The number of urea groups is 1. The van der Waals surface area contributed by atoms with Gasteiger partial charge in [0.05, 0.1) is 11.8 Å². The molecule has 1 aromatic rings. The van der Waals surface area contributed by atoms with Crippen molar-refractivity contribution >= 4 is 27.5 Å². The van der Waals surface area contributed by atoms with E-state index in [9.17, 15) is 13.2 Å². The first-order chi connectivity index (χ1) is 10.1. The molecule has 1 aromatic carbocycles. The van der Waals surface area contributed by atoms with Gasteiger partial charge < -0.3 is 10.2 Å². The van der Waals surface area contributed by atoms with Gasteiger partial charge >= 0.3 is 6.03 Å². The molecule has 7 heteroatoms. The molecule has 0 fully saturated rings. The molecular weight excluding hydrogens is 324 g/mol. The zero-order valence-electron chi connectivity index (χ0n) is 13.3. The minimum Gasteiger partial charge on any atom is -0.331 e. The fourth-order valence-corrected chi connectivity index (χ4v) is 2.62. The van der Waals surface area contributed by atoms with Crippen LogP contribution in [-0.2, 0) is 9.84 Å². The Bertz CT molecular complexity index is 600. The van der Waals surface area contributed by atoms with Crippen LogP contribution in [0.2, 0.25) is 5.02 Å². The normalized spacial score (nSPS) is 13.0. The average molecular weight is 347 g/mol. The Hall–Kier alpha value is -1.27. The zero-order valence-corrected chi connectivity index (χ0v) is 14.9. The summed E-state index contributed by atoms with van der Waals surface area (Å²) in [5, 5.41) is 3.52. The van der Waals surface area contributed by atoms with Gasteiger partial charge in [-0.3, -0.25) is 0 Å². The van der Waals surface area contributed by atoms with Crippen LogP contribution >= 0.6 is 11.6 Å². The number of hydrogen-bond donors (Lipinski definition) is 1. The second-order valence-electron chi connectivity index (χ2n) is 5.64. The average Bonchev–Trinajstić information content (AvgIpc) is 2.37. The molecule has 0 heterocycles. The van der Waals surface area contributed by atoms with Crippen molar-refractivity contribution in [2.75, 3.05) is 18.6 Å². The molecule has 0 saturated heterocycles. The maximum absolute atomic E-state index is 12.3. The van der Waals surface area contributed by atoms with Crippen LogP contribution in [0.5, 0.6) is 0 Å². The molecule has 0 spiro atoms. The lowest BCUT2D eigenvalue weighted by molar-refractivity contribution is 0.184. The van der Waals surface area contributed by atoms with Gasteiger partial charge in [-0.05, 0) is 38.5 Å². The van der Waals surface area contributed by atoms with Crippen LogP contribution < -0.4 is 5.32 Å². The maximum atomic E-state index is 12.3. The Kier molecular flexibility index (Phi) is 6.68. The van der Waals surface area contributed by atoms with Crippen LogP contribution in [0, 0.1) is 0 Å². The summed E-state index contributed by atoms with van der Waals surface area (Å²) in [4.78, 5) is 13.9. The van der Waals surface area contributed by atoms with Crippen LogP contribution in [0.1, 0.15) is 32.4 Å². The number of carbonyl (C=O) groups is 1. The highest BCUT2D eigenvalue weighted by Gasteiger charge is 2.20. The summed E-state index contributed by atoms with van der Waals surface area (Å²) in [6.07, 6.45) is 1.17. The number of amides is 2. The topological polar surface area (TPSA) is 66.5 Å². The number of rotatable bonds is 6. The molecule has 22 heavy (non-hydrogen) atoms. The van der Waals surface area contributed by atoms with Gasteiger partial charge in [0.2, 0.25) is 0 Å². The Morgan fingerprint density at radius 2 is 1.77 bits per heavy atom. The van der Waals surface area contributed by atoms with Crippen LogP contribution in [0.3, 0.4) is 0 Å². The fourth-order valence-electron chi connectivity index (χ4n) is 1.96. The number of carbonyl (C=O) groups excluding carboxylic acids is 1. The van der Waals surface area contributed by atoms with Crippen molar-refractivity contribution in [2.24, 2.45) is 0 Å². The molecule has 0 aromatic heterocycles. The van der Waals surface area contributed by atoms with E-state index in [1.165, 1.54) is 11.2 Å². The van der Waals surface area contributed by atoms with E-state index in [-0.39, 0.29) is 30.4 Å². The van der Waals surface area contributed by atoms with Gasteiger partial charge in [-0.2, -0.15) is 0 Å². The van der Waals surface area contributed by atoms with Crippen molar-refractivity contribution in [1.29, 1.82) is 0 Å². The van der Waals surface area contributed by atoms with Gasteiger partial charge in [0, 0.05) is 23.9 Å². The van der Waals surface area contributed by atoms with Crippen molar-refractivity contribution in [1.82, 2.24) is 10.2 Å². The highest BCUT2D eigenvalue weighted by atomic mass is 35.5. The molecular formula is C15H23ClN2O3S. The largest absolute Gasteiger partial charge is 0.331 e. The van der Waals surface area contributed by atoms with Gasteiger partial charge in [0.15, 0.2) is 0 Å². The molecule has 0 bridgehead atoms. The number of nitrogens with one attached hydrogen (secondary N) is 1. The first-order valence-corrected chi connectivity index (χ1v) is 9.54. The fraction of sp³-hybridized carbons (Fsp3) is 0.533. The van der Waals surface area contributed by atoms with Crippen molar-refractivity contribution < 1.29 is 13.2 Å². The first-order valence-electron chi connectivity index (χ1n) is 7.10. The highest BCUT2D eigenvalue weighted by molar-refractivity contribution is 7.90. The molecule has 1 rings (SSSR count). The van der Waals surface area contributed by atoms with E-state index in [1.54, 1.807) is 12.1 Å². The van der Waals surface area contributed by atoms with Crippen molar-refractivity contribution in [3.8, 4) is 0 Å². The zero-order chi connectivity index (χ0) is 16.9. The number of halogens is 1. The molecule has 0 radical (unpaired) electrons. The Morgan fingerprint density at radius 1 is 1.23 bits per heavy atom. The lowest BCUT2D eigenvalue weighted by Gasteiger charge is -2.28. The number of benzene rings is 1. The predicted molar refractivity (Wildman–Crippen MR) is 90.0 cm³/mol. The monoisotopic (exact) mass is 346 g/mol. The summed E-state index contributed by atoms with van der Waals surface area (Å²) < 4.78 is 22.6. The molecule has 2 amide bonds. The molecule has 0 unspecified atom stereocenters. The highest BCUT2D eigenvalue weighted by Crippen LogP contribution is 2.16. The number of sulfone groups is 1. The van der Waals surface area contributed by atoms with E-state index >= 15 is 0 Å². The van der Waals surface area contributed by atoms with E-state index in [0.29, 0.717) is 5.02 Å². The van der Waals surface area contributed by atoms with Gasteiger partial charge in [-0.15, -0.1) is 0 Å².